The molecule has 0 amide bonds. The van der Waals surface area contributed by atoms with Crippen molar-refractivity contribution in [2.45, 2.75) is 0 Å². The molecule has 122 valence electrons. The zero-order chi connectivity index (χ0) is 17.1. The molecule has 0 aliphatic carbocycles. The van der Waals surface area contributed by atoms with E-state index in [2.05, 4.69) is 62.0 Å². The lowest BCUT2D eigenvalue weighted by atomic mass is 10.1. The van der Waals surface area contributed by atoms with E-state index in [9.17, 15) is 0 Å². The molecule has 6 rings (SSSR count). The van der Waals surface area contributed by atoms with E-state index in [1.165, 1.54) is 20.2 Å². The van der Waals surface area contributed by atoms with Gasteiger partial charge in [-0.05, 0) is 30.3 Å². The predicted molar refractivity (Wildman–Crippen MR) is 107 cm³/mol. The number of hydrogen-bond acceptors (Lipinski definition) is 4. The van der Waals surface area contributed by atoms with Crippen molar-refractivity contribution in [2.24, 2.45) is 0 Å². The van der Waals surface area contributed by atoms with Gasteiger partial charge in [-0.3, -0.25) is 14.5 Å². The minimum Gasteiger partial charge on any atom is -0.291 e. The van der Waals surface area contributed by atoms with Crippen LogP contribution in [0.25, 0.3) is 47.9 Å². The highest BCUT2D eigenvalue weighted by molar-refractivity contribution is 7.25. The van der Waals surface area contributed by atoms with Crippen molar-refractivity contribution in [1.29, 1.82) is 0 Å². The Labute approximate surface area is 152 Å². The monoisotopic (exact) mass is 352 g/mol. The van der Waals surface area contributed by atoms with Gasteiger partial charge < -0.3 is 0 Å². The second-order valence-electron chi connectivity index (χ2n) is 6.23. The molecule has 0 fully saturated rings. The maximum absolute atomic E-state index is 4.66. The van der Waals surface area contributed by atoms with Crippen LogP contribution < -0.4 is 0 Å². The normalized spacial score (nSPS) is 11.8. The lowest BCUT2D eigenvalue weighted by Crippen LogP contribution is -1.97. The highest BCUT2D eigenvalue weighted by atomic mass is 32.1. The Morgan fingerprint density at radius 1 is 0.731 bits per heavy atom. The first kappa shape index (κ1) is 13.9. The molecule has 0 aliphatic rings. The van der Waals surface area contributed by atoms with E-state index in [0.29, 0.717) is 0 Å². The Morgan fingerprint density at radius 2 is 1.69 bits per heavy atom. The molecule has 0 radical (unpaired) electrons. The van der Waals surface area contributed by atoms with Gasteiger partial charge in [0.25, 0.3) is 0 Å². The van der Waals surface area contributed by atoms with Crippen molar-refractivity contribution in [2.75, 3.05) is 0 Å². The largest absolute Gasteiger partial charge is 0.291 e. The van der Waals surface area contributed by atoms with E-state index < -0.39 is 0 Å². The maximum atomic E-state index is 4.66. The van der Waals surface area contributed by atoms with Crippen LogP contribution in [0.5, 0.6) is 0 Å². The Morgan fingerprint density at radius 3 is 2.62 bits per heavy atom. The lowest BCUT2D eigenvalue weighted by molar-refractivity contribution is 1.04. The summed E-state index contributed by atoms with van der Waals surface area (Å²) in [6, 6.07) is 17.1. The van der Waals surface area contributed by atoms with Crippen molar-refractivity contribution in [3.05, 3.63) is 73.3 Å². The van der Waals surface area contributed by atoms with E-state index in [1.54, 1.807) is 18.6 Å². The molecular formula is C21H12N4S. The number of pyridine rings is 1. The number of hydrogen-bond donors (Lipinski definition) is 0. The molecule has 0 saturated heterocycles. The summed E-state index contributed by atoms with van der Waals surface area (Å²) in [7, 11) is 0. The number of fused-ring (bicyclic) bond motifs is 6. The Kier molecular flexibility index (Phi) is 2.73. The van der Waals surface area contributed by atoms with Crippen LogP contribution in [-0.2, 0) is 0 Å². The number of thiophene rings is 1. The molecule has 2 aromatic carbocycles. The summed E-state index contributed by atoms with van der Waals surface area (Å²) in [5, 5.41) is 3.72. The molecule has 0 aliphatic heterocycles. The van der Waals surface area contributed by atoms with E-state index in [-0.39, 0.29) is 0 Å². The van der Waals surface area contributed by atoms with Crippen molar-refractivity contribution in [3.63, 3.8) is 0 Å². The molecule has 5 heteroatoms. The molecule has 0 N–H and O–H groups in total. The molecule has 0 saturated carbocycles. The molecule has 4 aromatic heterocycles. The zero-order valence-electron chi connectivity index (χ0n) is 13.6. The molecule has 0 spiro atoms. The van der Waals surface area contributed by atoms with Gasteiger partial charge in [0.15, 0.2) is 5.82 Å². The number of benzene rings is 2. The highest BCUT2D eigenvalue weighted by Crippen LogP contribution is 2.39. The molecule has 6 aromatic rings. The summed E-state index contributed by atoms with van der Waals surface area (Å²) in [4.78, 5) is 13.4. The number of rotatable bonds is 1. The van der Waals surface area contributed by atoms with Crippen molar-refractivity contribution in [3.8, 4) is 5.82 Å². The smallest absolute Gasteiger partial charge is 0.156 e. The minimum absolute atomic E-state index is 0.806. The SMILES string of the molecule is c1ccc2c(c1)sc1cc3c(cc12)c1ncccc1n3-c1cnccn1. The van der Waals surface area contributed by atoms with E-state index in [4.69, 9.17) is 0 Å². The fraction of sp³-hybridized carbons (Fsp3) is 0. The highest BCUT2D eigenvalue weighted by Gasteiger charge is 2.16. The second kappa shape index (κ2) is 5.09. The molecule has 26 heavy (non-hydrogen) atoms. The van der Waals surface area contributed by atoms with Crippen LogP contribution in [0.1, 0.15) is 0 Å². The molecule has 0 unspecified atom stereocenters. The van der Waals surface area contributed by atoms with Crippen molar-refractivity contribution >= 4 is 53.4 Å². The first-order valence-electron chi connectivity index (χ1n) is 8.37. The van der Waals surface area contributed by atoms with Crippen LogP contribution in [0.2, 0.25) is 0 Å². The van der Waals surface area contributed by atoms with Crippen LogP contribution in [0.4, 0.5) is 0 Å². The van der Waals surface area contributed by atoms with Crippen molar-refractivity contribution < 1.29 is 0 Å². The molecular weight excluding hydrogens is 340 g/mol. The van der Waals surface area contributed by atoms with Gasteiger partial charge >= 0.3 is 0 Å². The average Bonchev–Trinajstić information content (AvgIpc) is 3.22. The van der Waals surface area contributed by atoms with Crippen molar-refractivity contribution in [1.82, 2.24) is 19.5 Å². The predicted octanol–water partition coefficient (Wildman–Crippen LogP) is 5.34. The average molecular weight is 352 g/mol. The topological polar surface area (TPSA) is 43.6 Å². The maximum Gasteiger partial charge on any atom is 0.156 e. The van der Waals surface area contributed by atoms with Gasteiger partial charge in [-0.1, -0.05) is 18.2 Å². The first-order chi connectivity index (χ1) is 12.9. The lowest BCUT2D eigenvalue weighted by Gasteiger charge is -2.05. The summed E-state index contributed by atoms with van der Waals surface area (Å²) < 4.78 is 4.72. The summed E-state index contributed by atoms with van der Waals surface area (Å²) in [6.45, 7) is 0. The standard InChI is InChI=1S/C21H12N4S/c1-2-6-18-13(4-1)14-10-15-17(11-19(14)26-18)25(20-12-22-8-9-23-20)16-5-3-7-24-21(15)16/h1-12H. The van der Waals surface area contributed by atoms with Crippen LogP contribution in [-0.4, -0.2) is 19.5 Å². The summed E-state index contributed by atoms with van der Waals surface area (Å²) in [6.07, 6.45) is 7.06. The molecule has 4 heterocycles. The zero-order valence-corrected chi connectivity index (χ0v) is 14.4. The summed E-state index contributed by atoms with van der Waals surface area (Å²) in [5.41, 5.74) is 3.15. The van der Waals surface area contributed by atoms with Gasteiger partial charge in [-0.2, -0.15) is 0 Å². The fourth-order valence-corrected chi connectivity index (χ4v) is 4.82. The summed E-state index contributed by atoms with van der Waals surface area (Å²) >= 11 is 1.82. The Bertz CT molecular complexity index is 1430. The van der Waals surface area contributed by atoms with Crippen LogP contribution in [0.15, 0.2) is 73.3 Å². The third-order valence-corrected chi connectivity index (χ3v) is 5.93. The van der Waals surface area contributed by atoms with Gasteiger partial charge in [0.1, 0.15) is 0 Å². The number of aromatic nitrogens is 4. The fourth-order valence-electron chi connectivity index (χ4n) is 3.70. The van der Waals surface area contributed by atoms with E-state index in [0.717, 1.165) is 27.8 Å². The second-order valence-corrected chi connectivity index (χ2v) is 7.32. The van der Waals surface area contributed by atoms with Crippen LogP contribution >= 0.6 is 11.3 Å². The van der Waals surface area contributed by atoms with E-state index >= 15 is 0 Å². The minimum atomic E-state index is 0.806. The van der Waals surface area contributed by atoms with Gasteiger partial charge in [-0.15, -0.1) is 11.3 Å². The van der Waals surface area contributed by atoms with Gasteiger partial charge in [0, 0.05) is 44.1 Å². The van der Waals surface area contributed by atoms with Gasteiger partial charge in [0.05, 0.1) is 22.7 Å². The Balaban J connectivity index is 1.85. The number of nitrogens with zero attached hydrogens (tertiary/aromatic N) is 4. The van der Waals surface area contributed by atoms with Gasteiger partial charge in [-0.25, -0.2) is 4.98 Å². The molecule has 0 bridgehead atoms. The van der Waals surface area contributed by atoms with Gasteiger partial charge in [0.2, 0.25) is 0 Å². The first-order valence-corrected chi connectivity index (χ1v) is 9.18. The third-order valence-electron chi connectivity index (χ3n) is 4.80. The van der Waals surface area contributed by atoms with E-state index in [1.807, 2.05) is 23.6 Å². The third kappa shape index (κ3) is 1.80. The summed E-state index contributed by atoms with van der Waals surface area (Å²) in [5.74, 6) is 0.806. The Hall–Kier alpha value is -3.31. The van der Waals surface area contributed by atoms with Crippen LogP contribution in [0.3, 0.4) is 0 Å². The van der Waals surface area contributed by atoms with Crippen LogP contribution in [0, 0.1) is 0 Å². The molecule has 0 atom stereocenters. The quantitative estimate of drug-likeness (QED) is 0.401. The molecule has 4 nitrogen and oxygen atoms in total.